The van der Waals surface area contributed by atoms with E-state index in [9.17, 15) is 13.2 Å². The average molecular weight is 328 g/mol. The van der Waals surface area contributed by atoms with Gasteiger partial charge in [0.05, 0.1) is 16.6 Å². The minimum Gasteiger partial charge on any atom is -0.345 e. The highest BCUT2D eigenvalue weighted by Gasteiger charge is 2.30. The van der Waals surface area contributed by atoms with Crippen LogP contribution < -0.4 is 0 Å². The maximum Gasteiger partial charge on any atom is 0.416 e. The summed E-state index contributed by atoms with van der Waals surface area (Å²) >= 11 is 0. The summed E-state index contributed by atoms with van der Waals surface area (Å²) < 4.78 is 40.6. The Bertz CT molecular complexity index is 1000. The van der Waals surface area contributed by atoms with Crippen LogP contribution in [0.3, 0.4) is 0 Å². The molecule has 0 unspecified atom stereocenters. The number of rotatable bonds is 2. The molecule has 4 rings (SSSR count). The number of nitrogens with zero attached hydrogens (tertiary/aromatic N) is 3. The van der Waals surface area contributed by atoms with E-state index in [0.717, 1.165) is 23.2 Å². The lowest BCUT2D eigenvalue weighted by molar-refractivity contribution is -0.137. The van der Waals surface area contributed by atoms with Gasteiger partial charge in [-0.25, -0.2) is 9.67 Å². The number of H-pyrrole nitrogens is 1. The van der Waals surface area contributed by atoms with Crippen molar-refractivity contribution in [3.8, 4) is 16.8 Å². The van der Waals surface area contributed by atoms with Crippen molar-refractivity contribution < 1.29 is 13.2 Å². The van der Waals surface area contributed by atoms with Crippen LogP contribution in [0.2, 0.25) is 0 Å². The van der Waals surface area contributed by atoms with Crippen LogP contribution in [-0.2, 0) is 6.18 Å². The summed E-state index contributed by atoms with van der Waals surface area (Å²) in [5.74, 6) is 0. The Labute approximate surface area is 134 Å². The van der Waals surface area contributed by atoms with Crippen molar-refractivity contribution >= 4 is 11.0 Å². The van der Waals surface area contributed by atoms with Gasteiger partial charge in [0.15, 0.2) is 0 Å². The molecule has 0 spiro atoms. The summed E-state index contributed by atoms with van der Waals surface area (Å²) in [4.78, 5) is 7.26. The average Bonchev–Trinajstić information content (AvgIpc) is 3.23. The van der Waals surface area contributed by atoms with Gasteiger partial charge in [0.25, 0.3) is 0 Å². The molecule has 3 heterocycles. The van der Waals surface area contributed by atoms with Gasteiger partial charge < -0.3 is 4.98 Å². The predicted molar refractivity (Wildman–Crippen MR) is 83.7 cm³/mol. The first kappa shape index (κ1) is 14.5. The van der Waals surface area contributed by atoms with E-state index in [1.807, 2.05) is 0 Å². The van der Waals surface area contributed by atoms with Gasteiger partial charge in [-0.05, 0) is 29.8 Å². The molecule has 3 aromatic heterocycles. The largest absolute Gasteiger partial charge is 0.416 e. The fourth-order valence-corrected chi connectivity index (χ4v) is 2.73. The van der Waals surface area contributed by atoms with Crippen LogP contribution in [0, 0.1) is 0 Å². The van der Waals surface area contributed by atoms with Gasteiger partial charge in [0.2, 0.25) is 0 Å². The predicted octanol–water partition coefficient (Wildman–Crippen LogP) is 4.43. The molecule has 1 aromatic carbocycles. The summed E-state index contributed by atoms with van der Waals surface area (Å²) in [7, 11) is 0. The van der Waals surface area contributed by atoms with Crippen molar-refractivity contribution in [1.29, 1.82) is 0 Å². The number of pyridine rings is 1. The number of halogens is 3. The third-order valence-electron chi connectivity index (χ3n) is 3.80. The lowest BCUT2D eigenvalue weighted by atomic mass is 10.0. The van der Waals surface area contributed by atoms with Gasteiger partial charge in [0, 0.05) is 30.4 Å². The van der Waals surface area contributed by atoms with Gasteiger partial charge >= 0.3 is 6.18 Å². The minimum absolute atomic E-state index is 0.470. The van der Waals surface area contributed by atoms with E-state index in [1.165, 1.54) is 6.07 Å². The Morgan fingerprint density at radius 1 is 1.04 bits per heavy atom. The van der Waals surface area contributed by atoms with Crippen LogP contribution in [0.5, 0.6) is 0 Å². The molecule has 120 valence electrons. The highest BCUT2D eigenvalue weighted by Crippen LogP contribution is 2.36. The van der Waals surface area contributed by atoms with Crippen LogP contribution in [-0.4, -0.2) is 19.7 Å². The lowest BCUT2D eigenvalue weighted by Crippen LogP contribution is -2.04. The Morgan fingerprint density at radius 3 is 2.67 bits per heavy atom. The normalized spacial score (nSPS) is 12.0. The maximum atomic E-state index is 13.0. The zero-order valence-electron chi connectivity index (χ0n) is 12.2. The maximum absolute atomic E-state index is 13.0. The molecule has 0 saturated carbocycles. The number of aromatic nitrogens is 4. The second kappa shape index (κ2) is 5.23. The van der Waals surface area contributed by atoms with E-state index in [1.54, 1.807) is 47.7 Å². The molecule has 0 fully saturated rings. The Morgan fingerprint density at radius 2 is 1.92 bits per heavy atom. The molecular weight excluding hydrogens is 317 g/mol. The van der Waals surface area contributed by atoms with Gasteiger partial charge in [-0.1, -0.05) is 12.1 Å². The highest BCUT2D eigenvalue weighted by atomic mass is 19.4. The molecule has 0 aliphatic carbocycles. The summed E-state index contributed by atoms with van der Waals surface area (Å²) in [5, 5.41) is 4.93. The number of benzene rings is 1. The number of alkyl halides is 3. The standard InChI is InChI=1S/C17H11F3N4/c18-17(19,20)12-4-1-3-11(9-12)13-10-22-16-15(13)14(5-7-21-16)24-8-2-6-23-24/h1-10H,(H,21,22). The van der Waals surface area contributed by atoms with Crippen molar-refractivity contribution in [1.82, 2.24) is 19.7 Å². The molecule has 0 saturated heterocycles. The number of fused-ring (bicyclic) bond motifs is 1. The third kappa shape index (κ3) is 2.34. The Hall–Kier alpha value is -3.09. The lowest BCUT2D eigenvalue weighted by Gasteiger charge is -2.09. The quantitative estimate of drug-likeness (QED) is 0.591. The van der Waals surface area contributed by atoms with Crippen molar-refractivity contribution in [2.24, 2.45) is 0 Å². The molecule has 0 radical (unpaired) electrons. The summed E-state index contributed by atoms with van der Waals surface area (Å²) in [6.07, 6.45) is 2.33. The first-order chi connectivity index (χ1) is 11.5. The van der Waals surface area contributed by atoms with Crippen molar-refractivity contribution in [3.63, 3.8) is 0 Å². The van der Waals surface area contributed by atoms with Crippen LogP contribution in [0.4, 0.5) is 13.2 Å². The third-order valence-corrected chi connectivity index (χ3v) is 3.80. The van der Waals surface area contributed by atoms with E-state index in [2.05, 4.69) is 15.1 Å². The molecule has 7 heteroatoms. The van der Waals surface area contributed by atoms with E-state index in [-0.39, 0.29) is 0 Å². The summed E-state index contributed by atoms with van der Waals surface area (Å²) in [5.41, 5.74) is 1.78. The SMILES string of the molecule is FC(F)(F)c1cccc(-c2c[nH]c3nccc(-n4cccn4)c23)c1. The second-order valence-corrected chi connectivity index (χ2v) is 5.29. The van der Waals surface area contributed by atoms with Crippen molar-refractivity contribution in [2.45, 2.75) is 6.18 Å². The van der Waals surface area contributed by atoms with Crippen molar-refractivity contribution in [3.05, 3.63) is 66.7 Å². The zero-order chi connectivity index (χ0) is 16.7. The highest BCUT2D eigenvalue weighted by molar-refractivity contribution is 5.99. The second-order valence-electron chi connectivity index (χ2n) is 5.29. The van der Waals surface area contributed by atoms with Gasteiger partial charge in [-0.2, -0.15) is 18.3 Å². The molecular formula is C17H11F3N4. The monoisotopic (exact) mass is 328 g/mol. The molecule has 0 atom stereocenters. The molecule has 0 amide bonds. The number of hydrogen-bond acceptors (Lipinski definition) is 2. The van der Waals surface area contributed by atoms with E-state index in [4.69, 9.17) is 0 Å². The molecule has 4 aromatic rings. The summed E-state index contributed by atoms with van der Waals surface area (Å²) in [6, 6.07) is 8.81. The Balaban J connectivity index is 1.96. The summed E-state index contributed by atoms with van der Waals surface area (Å²) in [6.45, 7) is 0. The van der Waals surface area contributed by atoms with Gasteiger partial charge in [0.1, 0.15) is 5.65 Å². The number of hydrogen-bond donors (Lipinski definition) is 1. The van der Waals surface area contributed by atoms with Crippen LogP contribution in [0.1, 0.15) is 5.56 Å². The number of aromatic amines is 1. The van der Waals surface area contributed by atoms with E-state index < -0.39 is 11.7 Å². The zero-order valence-corrected chi connectivity index (χ0v) is 12.2. The Kier molecular flexibility index (Phi) is 3.16. The topological polar surface area (TPSA) is 46.5 Å². The van der Waals surface area contributed by atoms with Gasteiger partial charge in [-0.3, -0.25) is 0 Å². The van der Waals surface area contributed by atoms with E-state index >= 15 is 0 Å². The first-order valence-corrected chi connectivity index (χ1v) is 7.18. The van der Waals surface area contributed by atoms with Crippen LogP contribution >= 0.6 is 0 Å². The fourth-order valence-electron chi connectivity index (χ4n) is 2.73. The molecule has 1 N–H and O–H groups in total. The molecule has 0 aliphatic rings. The minimum atomic E-state index is -4.38. The molecule has 24 heavy (non-hydrogen) atoms. The van der Waals surface area contributed by atoms with Gasteiger partial charge in [-0.15, -0.1) is 0 Å². The van der Waals surface area contributed by atoms with Crippen LogP contribution in [0.25, 0.3) is 27.8 Å². The molecule has 0 aliphatic heterocycles. The van der Waals surface area contributed by atoms with E-state index in [0.29, 0.717) is 16.8 Å². The molecule has 4 nitrogen and oxygen atoms in total. The van der Waals surface area contributed by atoms with Crippen molar-refractivity contribution in [2.75, 3.05) is 0 Å². The first-order valence-electron chi connectivity index (χ1n) is 7.18. The molecule has 0 bridgehead atoms. The number of nitrogens with one attached hydrogen (secondary N) is 1. The smallest absolute Gasteiger partial charge is 0.345 e. The van der Waals surface area contributed by atoms with Crippen LogP contribution in [0.15, 0.2) is 61.2 Å². The fraction of sp³-hybridized carbons (Fsp3) is 0.0588.